The van der Waals surface area contributed by atoms with E-state index in [9.17, 15) is 14.0 Å². The Morgan fingerprint density at radius 2 is 1.65 bits per heavy atom. The van der Waals surface area contributed by atoms with Gasteiger partial charge in [-0.15, -0.1) is 0 Å². The Kier molecular flexibility index (Phi) is 7.07. The van der Waals surface area contributed by atoms with E-state index in [1.54, 1.807) is 36.4 Å². The Hall–Kier alpha value is -3.61. The number of carbonyl (C=O) groups excluding carboxylic acids is 2. The predicted molar refractivity (Wildman–Crippen MR) is 115 cm³/mol. The van der Waals surface area contributed by atoms with E-state index in [1.165, 1.54) is 44.4 Å². The number of nitrogens with zero attached hydrogens (tertiary/aromatic N) is 1. The molecule has 0 radical (unpaired) electrons. The summed E-state index contributed by atoms with van der Waals surface area (Å²) < 4.78 is 29.1. The summed E-state index contributed by atoms with van der Waals surface area (Å²) in [5.41, 5.74) is 1.89. The number of hydrogen-bond acceptors (Lipinski definition) is 5. The molecule has 0 spiro atoms. The molecule has 2 aromatic carbocycles. The summed E-state index contributed by atoms with van der Waals surface area (Å²) in [6.45, 7) is 0.345. The van der Waals surface area contributed by atoms with Crippen LogP contribution >= 0.6 is 0 Å². The fourth-order valence-electron chi connectivity index (χ4n) is 3.37. The molecule has 0 aromatic heterocycles. The minimum absolute atomic E-state index is 0.339. The van der Waals surface area contributed by atoms with Crippen molar-refractivity contribution in [3.8, 4) is 17.2 Å². The zero-order chi connectivity index (χ0) is 22.4. The molecular weight excluding hydrogens is 401 g/mol. The van der Waals surface area contributed by atoms with Crippen molar-refractivity contribution in [1.82, 2.24) is 4.90 Å². The Morgan fingerprint density at radius 3 is 2.23 bits per heavy atom. The summed E-state index contributed by atoms with van der Waals surface area (Å²) in [5.74, 6) is 0.318. The fourth-order valence-corrected chi connectivity index (χ4v) is 3.37. The summed E-state index contributed by atoms with van der Waals surface area (Å²) in [4.78, 5) is 26.7. The normalized spacial score (nSPS) is 15.4. The van der Waals surface area contributed by atoms with Gasteiger partial charge in [-0.05, 0) is 60.4 Å². The van der Waals surface area contributed by atoms with Crippen molar-refractivity contribution in [2.75, 3.05) is 27.9 Å². The Bertz CT molecular complexity index is 1000. The smallest absolute Gasteiger partial charge is 0.256 e. The highest BCUT2D eigenvalue weighted by molar-refractivity contribution is 6.11. The summed E-state index contributed by atoms with van der Waals surface area (Å²) in [6, 6.07) is 9.25. The number of amides is 2. The number of piperidine rings is 1. The van der Waals surface area contributed by atoms with Crippen LogP contribution in [0.2, 0.25) is 0 Å². The zero-order valence-electron chi connectivity index (χ0n) is 17.7. The van der Waals surface area contributed by atoms with E-state index in [0.717, 1.165) is 0 Å². The molecular formula is C24H24FNO5. The lowest BCUT2D eigenvalue weighted by Crippen LogP contribution is -2.40. The average Bonchev–Trinajstić information content (AvgIpc) is 2.79. The molecule has 1 aliphatic heterocycles. The van der Waals surface area contributed by atoms with Crippen LogP contribution in [-0.4, -0.2) is 44.6 Å². The third-order valence-corrected chi connectivity index (χ3v) is 4.93. The van der Waals surface area contributed by atoms with Crippen molar-refractivity contribution < 1.29 is 28.2 Å². The van der Waals surface area contributed by atoms with Gasteiger partial charge in [0, 0.05) is 18.2 Å². The molecule has 0 bridgehead atoms. The molecule has 7 heteroatoms. The van der Waals surface area contributed by atoms with Gasteiger partial charge in [0.15, 0.2) is 11.5 Å². The van der Waals surface area contributed by atoms with Crippen molar-refractivity contribution in [2.45, 2.75) is 12.8 Å². The molecule has 0 N–H and O–H groups in total. The monoisotopic (exact) mass is 425 g/mol. The molecule has 31 heavy (non-hydrogen) atoms. The van der Waals surface area contributed by atoms with E-state index in [2.05, 4.69) is 0 Å². The second-order valence-electron chi connectivity index (χ2n) is 6.91. The molecule has 6 nitrogen and oxygen atoms in total. The van der Waals surface area contributed by atoms with Crippen LogP contribution in [0.4, 0.5) is 4.39 Å². The molecule has 2 aromatic rings. The van der Waals surface area contributed by atoms with Crippen LogP contribution in [-0.2, 0) is 9.59 Å². The van der Waals surface area contributed by atoms with E-state index in [4.69, 9.17) is 14.2 Å². The van der Waals surface area contributed by atoms with Gasteiger partial charge in [-0.2, -0.15) is 0 Å². The first-order valence-corrected chi connectivity index (χ1v) is 9.77. The highest BCUT2D eigenvalue weighted by atomic mass is 19.1. The number of ether oxygens (including phenoxy) is 3. The number of rotatable bonds is 6. The van der Waals surface area contributed by atoms with Crippen LogP contribution in [0.25, 0.3) is 12.2 Å². The van der Waals surface area contributed by atoms with E-state index in [0.29, 0.717) is 53.3 Å². The largest absolute Gasteiger partial charge is 0.493 e. The van der Waals surface area contributed by atoms with Crippen molar-refractivity contribution >= 4 is 24.0 Å². The van der Waals surface area contributed by atoms with Gasteiger partial charge in [0.05, 0.1) is 21.3 Å². The molecule has 0 atom stereocenters. The lowest BCUT2D eigenvalue weighted by atomic mass is 10.00. The number of benzene rings is 2. The van der Waals surface area contributed by atoms with Gasteiger partial charge in [0.2, 0.25) is 5.75 Å². The van der Waals surface area contributed by atoms with E-state index in [-0.39, 0.29) is 11.7 Å². The first kappa shape index (κ1) is 22.1. The molecule has 1 heterocycles. The van der Waals surface area contributed by atoms with Crippen molar-refractivity contribution in [1.29, 1.82) is 0 Å². The maximum atomic E-state index is 13.0. The minimum Gasteiger partial charge on any atom is -0.493 e. The maximum Gasteiger partial charge on any atom is 0.256 e. The molecule has 1 aliphatic rings. The van der Waals surface area contributed by atoms with Gasteiger partial charge in [-0.1, -0.05) is 12.1 Å². The summed E-state index contributed by atoms with van der Waals surface area (Å²) in [5, 5.41) is 0. The fraction of sp³-hybridized carbons (Fsp3) is 0.250. The summed E-state index contributed by atoms with van der Waals surface area (Å²) in [7, 11) is 4.56. The van der Waals surface area contributed by atoms with Crippen LogP contribution in [0.15, 0.2) is 48.0 Å². The van der Waals surface area contributed by atoms with Gasteiger partial charge in [-0.3, -0.25) is 14.5 Å². The van der Waals surface area contributed by atoms with Crippen LogP contribution < -0.4 is 14.2 Å². The van der Waals surface area contributed by atoms with Crippen molar-refractivity contribution in [3.63, 3.8) is 0 Å². The van der Waals surface area contributed by atoms with Crippen molar-refractivity contribution in [2.24, 2.45) is 0 Å². The first-order valence-electron chi connectivity index (χ1n) is 9.77. The van der Waals surface area contributed by atoms with Gasteiger partial charge < -0.3 is 14.2 Å². The summed E-state index contributed by atoms with van der Waals surface area (Å²) in [6.07, 6.45) is 5.84. The van der Waals surface area contributed by atoms with Crippen LogP contribution in [0.5, 0.6) is 17.2 Å². The number of likely N-dealkylation sites (tertiary alicyclic amines) is 1. The number of carbonyl (C=O) groups is 2. The number of halogens is 1. The summed E-state index contributed by atoms with van der Waals surface area (Å²) >= 11 is 0. The Morgan fingerprint density at radius 1 is 1.00 bits per heavy atom. The molecule has 3 rings (SSSR count). The molecule has 1 saturated heterocycles. The highest BCUT2D eigenvalue weighted by Crippen LogP contribution is 2.39. The molecule has 1 fully saturated rings. The molecule has 162 valence electrons. The second-order valence-corrected chi connectivity index (χ2v) is 6.91. The lowest BCUT2D eigenvalue weighted by Gasteiger charge is -2.26. The minimum atomic E-state index is -0.412. The average molecular weight is 425 g/mol. The third-order valence-electron chi connectivity index (χ3n) is 4.93. The van der Waals surface area contributed by atoms with Gasteiger partial charge in [0.25, 0.3) is 11.8 Å². The number of methoxy groups -OCH3 is 3. The SMILES string of the molecule is COc1cc(/C=C2\CCCN(C(=O)/C=C/c3ccc(F)cc3)C2=O)cc(OC)c1OC. The predicted octanol–water partition coefficient (Wildman–Crippen LogP) is 4.10. The molecule has 0 aliphatic carbocycles. The Balaban J connectivity index is 1.82. The molecule has 0 unspecified atom stereocenters. The first-order chi connectivity index (χ1) is 15.0. The number of imide groups is 1. The topological polar surface area (TPSA) is 65.1 Å². The number of hydrogen-bond donors (Lipinski definition) is 0. The maximum absolute atomic E-state index is 13.0. The van der Waals surface area contributed by atoms with E-state index < -0.39 is 5.91 Å². The second kappa shape index (κ2) is 9.93. The molecule has 2 amide bonds. The standard InChI is InChI=1S/C24H24FNO5/c1-29-20-14-17(15-21(30-2)23(20)31-3)13-18-5-4-12-26(24(18)28)22(27)11-8-16-6-9-19(25)10-7-16/h6-11,13-15H,4-5,12H2,1-3H3/b11-8+,18-13+. The third kappa shape index (κ3) is 5.12. The van der Waals surface area contributed by atoms with Crippen LogP contribution in [0.1, 0.15) is 24.0 Å². The molecule has 0 saturated carbocycles. The van der Waals surface area contributed by atoms with Crippen molar-refractivity contribution in [3.05, 3.63) is 65.0 Å². The zero-order valence-corrected chi connectivity index (χ0v) is 17.7. The lowest BCUT2D eigenvalue weighted by molar-refractivity contribution is -0.140. The van der Waals surface area contributed by atoms with Crippen LogP contribution in [0.3, 0.4) is 0 Å². The van der Waals surface area contributed by atoms with Gasteiger partial charge in [-0.25, -0.2) is 4.39 Å². The van der Waals surface area contributed by atoms with Crippen LogP contribution in [0, 0.1) is 5.82 Å². The highest BCUT2D eigenvalue weighted by Gasteiger charge is 2.27. The van der Waals surface area contributed by atoms with E-state index in [1.807, 2.05) is 0 Å². The van der Waals surface area contributed by atoms with Gasteiger partial charge >= 0.3 is 0 Å². The van der Waals surface area contributed by atoms with E-state index >= 15 is 0 Å². The quantitative estimate of drug-likeness (QED) is 0.652. The van der Waals surface area contributed by atoms with Gasteiger partial charge in [0.1, 0.15) is 5.82 Å². The Labute approximate surface area is 180 Å².